The predicted octanol–water partition coefficient (Wildman–Crippen LogP) is 0.191. The summed E-state index contributed by atoms with van der Waals surface area (Å²) in [5.41, 5.74) is 5.15. The van der Waals surface area contributed by atoms with E-state index in [0.29, 0.717) is 13.3 Å². The normalized spacial score (nSPS) is 12.5. The lowest BCUT2D eigenvalue weighted by atomic mass is 10.1. The van der Waals surface area contributed by atoms with Crippen molar-refractivity contribution in [1.82, 2.24) is 5.06 Å². The Labute approximate surface area is 68.2 Å². The van der Waals surface area contributed by atoms with E-state index in [-0.39, 0.29) is 5.60 Å². The zero-order valence-corrected chi connectivity index (χ0v) is 7.76. The summed E-state index contributed by atoms with van der Waals surface area (Å²) in [6, 6.07) is 0. The second kappa shape index (κ2) is 4.66. The molecular formula is C7H18N2O2. The molecule has 4 nitrogen and oxygen atoms in total. The van der Waals surface area contributed by atoms with Gasteiger partial charge in [-0.1, -0.05) is 0 Å². The van der Waals surface area contributed by atoms with Gasteiger partial charge < -0.3 is 10.5 Å². The van der Waals surface area contributed by atoms with Gasteiger partial charge in [0.15, 0.2) is 0 Å². The molecule has 0 radical (unpaired) electrons. The topological polar surface area (TPSA) is 47.7 Å². The minimum Gasteiger partial charge on any atom is -0.367 e. The van der Waals surface area contributed by atoms with Crippen molar-refractivity contribution in [1.29, 1.82) is 0 Å². The van der Waals surface area contributed by atoms with Crippen LogP contribution in [0.15, 0.2) is 0 Å². The van der Waals surface area contributed by atoms with Crippen LogP contribution in [0, 0.1) is 0 Å². The van der Waals surface area contributed by atoms with E-state index in [0.717, 1.165) is 0 Å². The first-order valence-corrected chi connectivity index (χ1v) is 3.61. The van der Waals surface area contributed by atoms with E-state index in [4.69, 9.17) is 15.3 Å². The zero-order chi connectivity index (χ0) is 8.91. The van der Waals surface area contributed by atoms with Gasteiger partial charge in [0, 0.05) is 20.7 Å². The van der Waals surface area contributed by atoms with Gasteiger partial charge in [0.05, 0.1) is 5.60 Å². The maximum atomic E-state index is 5.46. The number of hydroxylamine groups is 2. The van der Waals surface area contributed by atoms with E-state index >= 15 is 0 Å². The van der Waals surface area contributed by atoms with Gasteiger partial charge in [-0.2, -0.15) is 5.06 Å². The molecule has 0 saturated carbocycles. The van der Waals surface area contributed by atoms with Crippen molar-refractivity contribution in [3.63, 3.8) is 0 Å². The third kappa shape index (κ3) is 5.15. The third-order valence-electron chi connectivity index (χ3n) is 1.21. The monoisotopic (exact) mass is 162 g/mol. The van der Waals surface area contributed by atoms with Gasteiger partial charge in [0.25, 0.3) is 0 Å². The summed E-state index contributed by atoms with van der Waals surface area (Å²) < 4.78 is 4.85. The SMILES string of the molecule is COCN(C)OC(C)(C)CN. The molecule has 0 rings (SSSR count). The van der Waals surface area contributed by atoms with Gasteiger partial charge in [-0.15, -0.1) is 0 Å². The van der Waals surface area contributed by atoms with Crippen molar-refractivity contribution in [3.05, 3.63) is 0 Å². The van der Waals surface area contributed by atoms with Gasteiger partial charge in [-0.25, -0.2) is 0 Å². The Morgan fingerprint density at radius 1 is 1.45 bits per heavy atom. The van der Waals surface area contributed by atoms with E-state index in [9.17, 15) is 0 Å². The van der Waals surface area contributed by atoms with Gasteiger partial charge in [-0.05, 0) is 13.8 Å². The Kier molecular flexibility index (Phi) is 4.60. The Morgan fingerprint density at radius 3 is 2.36 bits per heavy atom. The fourth-order valence-corrected chi connectivity index (χ4v) is 0.667. The first kappa shape index (κ1) is 10.8. The van der Waals surface area contributed by atoms with Gasteiger partial charge >= 0.3 is 0 Å². The molecule has 0 amide bonds. The van der Waals surface area contributed by atoms with Crippen molar-refractivity contribution in [2.45, 2.75) is 19.4 Å². The zero-order valence-electron chi connectivity index (χ0n) is 7.76. The summed E-state index contributed by atoms with van der Waals surface area (Å²) in [5.74, 6) is 0. The van der Waals surface area contributed by atoms with Crippen LogP contribution >= 0.6 is 0 Å². The van der Waals surface area contributed by atoms with Crippen LogP contribution in [-0.4, -0.2) is 38.1 Å². The van der Waals surface area contributed by atoms with Crippen LogP contribution in [0.2, 0.25) is 0 Å². The van der Waals surface area contributed by atoms with Gasteiger partial charge in [0.2, 0.25) is 0 Å². The molecule has 2 N–H and O–H groups in total. The van der Waals surface area contributed by atoms with E-state index in [1.165, 1.54) is 0 Å². The second-order valence-electron chi connectivity index (χ2n) is 3.10. The number of methoxy groups -OCH3 is 1. The highest BCUT2D eigenvalue weighted by Gasteiger charge is 2.18. The lowest BCUT2D eigenvalue weighted by Crippen LogP contribution is -2.40. The Bertz CT molecular complexity index is 107. The summed E-state index contributed by atoms with van der Waals surface area (Å²) in [7, 11) is 3.43. The number of hydrogen-bond donors (Lipinski definition) is 1. The number of nitrogens with zero attached hydrogens (tertiary/aromatic N) is 1. The van der Waals surface area contributed by atoms with E-state index in [1.54, 1.807) is 19.2 Å². The quantitative estimate of drug-likeness (QED) is 0.463. The van der Waals surface area contributed by atoms with Crippen molar-refractivity contribution in [2.75, 3.05) is 27.4 Å². The Hall–Kier alpha value is -0.160. The molecule has 0 fully saturated rings. The van der Waals surface area contributed by atoms with Crippen LogP contribution in [-0.2, 0) is 9.57 Å². The van der Waals surface area contributed by atoms with E-state index in [1.807, 2.05) is 13.8 Å². The van der Waals surface area contributed by atoms with E-state index < -0.39 is 0 Å². The third-order valence-corrected chi connectivity index (χ3v) is 1.21. The maximum Gasteiger partial charge on any atom is 0.121 e. The Morgan fingerprint density at radius 2 is 2.00 bits per heavy atom. The summed E-state index contributed by atoms with van der Waals surface area (Å²) in [6.07, 6.45) is 0. The molecule has 0 spiro atoms. The number of rotatable bonds is 5. The molecule has 0 aliphatic heterocycles. The molecule has 0 aromatic heterocycles. The highest BCUT2D eigenvalue weighted by molar-refractivity contribution is 4.67. The van der Waals surface area contributed by atoms with Crippen molar-refractivity contribution >= 4 is 0 Å². The van der Waals surface area contributed by atoms with Crippen LogP contribution in [0.3, 0.4) is 0 Å². The number of hydrogen-bond acceptors (Lipinski definition) is 4. The molecule has 68 valence electrons. The maximum absolute atomic E-state index is 5.46. The predicted molar refractivity (Wildman–Crippen MR) is 43.9 cm³/mol. The van der Waals surface area contributed by atoms with Crippen LogP contribution in [0.25, 0.3) is 0 Å². The first-order chi connectivity index (χ1) is 5.02. The Balaban J connectivity index is 3.64. The van der Waals surface area contributed by atoms with Crippen LogP contribution < -0.4 is 5.73 Å². The van der Waals surface area contributed by atoms with Crippen molar-refractivity contribution in [2.24, 2.45) is 5.73 Å². The molecule has 0 heterocycles. The van der Waals surface area contributed by atoms with E-state index in [2.05, 4.69) is 0 Å². The van der Waals surface area contributed by atoms with Gasteiger partial charge in [0.1, 0.15) is 6.73 Å². The fourth-order valence-electron chi connectivity index (χ4n) is 0.667. The first-order valence-electron chi connectivity index (χ1n) is 3.61. The largest absolute Gasteiger partial charge is 0.367 e. The van der Waals surface area contributed by atoms with Crippen molar-refractivity contribution < 1.29 is 9.57 Å². The lowest BCUT2D eigenvalue weighted by molar-refractivity contribution is -0.247. The average molecular weight is 162 g/mol. The fraction of sp³-hybridized carbons (Fsp3) is 1.00. The molecular weight excluding hydrogens is 144 g/mol. The highest BCUT2D eigenvalue weighted by Crippen LogP contribution is 2.07. The molecule has 0 aliphatic carbocycles. The van der Waals surface area contributed by atoms with Crippen LogP contribution in [0.5, 0.6) is 0 Å². The smallest absolute Gasteiger partial charge is 0.121 e. The standard InChI is InChI=1S/C7H18N2O2/c1-7(2,5-8)11-9(3)6-10-4/h5-6,8H2,1-4H3. The van der Waals surface area contributed by atoms with Crippen molar-refractivity contribution in [3.8, 4) is 0 Å². The summed E-state index contributed by atoms with van der Waals surface area (Å²) in [5, 5.41) is 1.62. The molecule has 0 atom stereocenters. The number of nitrogens with two attached hydrogens (primary N) is 1. The summed E-state index contributed by atoms with van der Waals surface area (Å²) in [6.45, 7) is 4.79. The molecule has 0 saturated heterocycles. The van der Waals surface area contributed by atoms with Crippen LogP contribution in [0.4, 0.5) is 0 Å². The molecule has 0 aromatic carbocycles. The lowest BCUT2D eigenvalue weighted by Gasteiger charge is -2.28. The minimum atomic E-state index is -0.312. The minimum absolute atomic E-state index is 0.312. The molecule has 0 unspecified atom stereocenters. The molecule has 4 heteroatoms. The molecule has 0 aliphatic rings. The molecule has 11 heavy (non-hydrogen) atoms. The average Bonchev–Trinajstić information content (AvgIpc) is 1.87. The molecule has 0 aromatic rings. The molecule has 0 bridgehead atoms. The summed E-state index contributed by atoms with van der Waals surface area (Å²) >= 11 is 0. The van der Waals surface area contributed by atoms with Gasteiger partial charge in [-0.3, -0.25) is 4.84 Å². The number of ether oxygens (including phenoxy) is 1. The van der Waals surface area contributed by atoms with Crippen LogP contribution in [0.1, 0.15) is 13.8 Å². The summed E-state index contributed by atoms with van der Waals surface area (Å²) in [4.78, 5) is 5.41. The second-order valence-corrected chi connectivity index (χ2v) is 3.10. The highest BCUT2D eigenvalue weighted by atomic mass is 16.7.